The Kier molecular flexibility index (Phi) is 6.26. The van der Waals surface area contributed by atoms with Gasteiger partial charge in [0.25, 0.3) is 5.91 Å². The molecule has 2 amide bonds. The lowest BCUT2D eigenvalue weighted by atomic mass is 10.5. The van der Waals surface area contributed by atoms with E-state index in [1.54, 1.807) is 0 Å². The number of aliphatic carboxylic acids is 2. The molecular formula is C8H13N3O6. The van der Waals surface area contributed by atoms with E-state index in [0.717, 1.165) is 5.01 Å². The number of carbonyl (C=O) groups excluding carboxylic acids is 2. The number of rotatable bonds is 7. The third-order valence-electron chi connectivity index (χ3n) is 1.43. The van der Waals surface area contributed by atoms with E-state index >= 15 is 0 Å². The number of nitrogens with one attached hydrogen (secondary N) is 2. The fourth-order valence-corrected chi connectivity index (χ4v) is 0.882. The van der Waals surface area contributed by atoms with Crippen molar-refractivity contribution in [3.8, 4) is 0 Å². The topological polar surface area (TPSA) is 136 Å². The van der Waals surface area contributed by atoms with E-state index in [1.807, 2.05) is 0 Å². The van der Waals surface area contributed by atoms with Gasteiger partial charge in [0.2, 0.25) is 5.91 Å². The quantitative estimate of drug-likeness (QED) is 0.369. The second-order valence-corrected chi connectivity index (χ2v) is 3.09. The summed E-state index contributed by atoms with van der Waals surface area (Å²) < 4.78 is 0. The zero-order valence-electron chi connectivity index (χ0n) is 9.10. The van der Waals surface area contributed by atoms with Crippen LogP contribution in [-0.2, 0) is 19.2 Å². The zero-order valence-corrected chi connectivity index (χ0v) is 9.10. The minimum atomic E-state index is -1.29. The van der Waals surface area contributed by atoms with Gasteiger partial charge in [-0.15, -0.1) is 0 Å². The molecule has 0 aromatic rings. The van der Waals surface area contributed by atoms with Gasteiger partial charge in [-0.05, 0) is 0 Å². The molecule has 17 heavy (non-hydrogen) atoms. The summed E-state index contributed by atoms with van der Waals surface area (Å²) in [7, 11) is 0. The highest BCUT2D eigenvalue weighted by Gasteiger charge is 2.15. The van der Waals surface area contributed by atoms with Gasteiger partial charge in [0.05, 0.1) is 6.54 Å². The van der Waals surface area contributed by atoms with E-state index in [-0.39, 0.29) is 6.54 Å². The van der Waals surface area contributed by atoms with Crippen molar-refractivity contribution in [1.29, 1.82) is 0 Å². The van der Waals surface area contributed by atoms with Crippen LogP contribution in [0.15, 0.2) is 0 Å². The van der Waals surface area contributed by atoms with Gasteiger partial charge in [0.1, 0.15) is 13.1 Å². The van der Waals surface area contributed by atoms with Crippen molar-refractivity contribution in [1.82, 2.24) is 15.8 Å². The van der Waals surface area contributed by atoms with Crippen LogP contribution >= 0.6 is 0 Å². The van der Waals surface area contributed by atoms with Crippen LogP contribution in [0, 0.1) is 0 Å². The first kappa shape index (κ1) is 14.8. The van der Waals surface area contributed by atoms with Crippen LogP contribution < -0.4 is 10.7 Å². The Morgan fingerprint density at radius 1 is 1.06 bits per heavy atom. The van der Waals surface area contributed by atoms with Crippen molar-refractivity contribution in [2.24, 2.45) is 0 Å². The first-order valence-electron chi connectivity index (χ1n) is 4.53. The summed E-state index contributed by atoms with van der Waals surface area (Å²) in [5.41, 5.74) is 2.05. The molecule has 9 nitrogen and oxygen atoms in total. The molecule has 0 aliphatic heterocycles. The number of carbonyl (C=O) groups is 4. The Labute approximate surface area is 96.4 Å². The van der Waals surface area contributed by atoms with E-state index < -0.39 is 36.8 Å². The average Bonchev–Trinajstić information content (AvgIpc) is 2.12. The highest BCUT2D eigenvalue weighted by Crippen LogP contribution is 1.83. The number of amides is 2. The Hall–Kier alpha value is -2.16. The maximum absolute atomic E-state index is 11.2. The molecule has 0 radical (unpaired) electrons. The summed E-state index contributed by atoms with van der Waals surface area (Å²) in [5.74, 6) is -3.71. The summed E-state index contributed by atoms with van der Waals surface area (Å²) in [5, 5.41) is 19.8. The van der Waals surface area contributed by atoms with Crippen molar-refractivity contribution in [3.63, 3.8) is 0 Å². The number of hydrogen-bond donors (Lipinski definition) is 4. The van der Waals surface area contributed by atoms with Gasteiger partial charge < -0.3 is 15.5 Å². The third kappa shape index (κ3) is 8.81. The third-order valence-corrected chi connectivity index (χ3v) is 1.43. The number of carboxylic acid groups (broad SMARTS) is 2. The Bertz CT molecular complexity index is 313. The molecule has 96 valence electrons. The SMILES string of the molecule is CC(=O)NCC(=O)NN(CC(=O)O)CC(=O)O. The van der Waals surface area contributed by atoms with Crippen LogP contribution in [0.3, 0.4) is 0 Å². The molecule has 0 aliphatic carbocycles. The smallest absolute Gasteiger partial charge is 0.319 e. The Morgan fingerprint density at radius 3 is 1.88 bits per heavy atom. The number of carboxylic acids is 2. The Morgan fingerprint density at radius 2 is 1.53 bits per heavy atom. The highest BCUT2D eigenvalue weighted by molar-refractivity contribution is 5.83. The van der Waals surface area contributed by atoms with Gasteiger partial charge >= 0.3 is 11.9 Å². The standard InChI is InChI=1S/C8H13N3O6/c1-5(12)9-2-6(13)10-11(3-7(14)15)4-8(16)17/h2-4H2,1H3,(H,9,12)(H,10,13)(H,14,15)(H,16,17). The van der Waals surface area contributed by atoms with Gasteiger partial charge in [0, 0.05) is 6.92 Å². The molecule has 0 heterocycles. The molecule has 0 aliphatic rings. The molecule has 0 spiro atoms. The lowest BCUT2D eigenvalue weighted by molar-refractivity contribution is -0.145. The number of nitrogens with zero attached hydrogens (tertiary/aromatic N) is 1. The second kappa shape index (κ2) is 7.17. The Balaban J connectivity index is 4.21. The second-order valence-electron chi connectivity index (χ2n) is 3.09. The number of hydrazine groups is 1. The number of hydrogen-bond acceptors (Lipinski definition) is 5. The molecular weight excluding hydrogens is 234 g/mol. The largest absolute Gasteiger partial charge is 0.480 e. The summed E-state index contributed by atoms with van der Waals surface area (Å²) in [6.07, 6.45) is 0. The monoisotopic (exact) mass is 247 g/mol. The molecule has 0 bridgehead atoms. The summed E-state index contributed by atoms with van der Waals surface area (Å²) in [6.45, 7) is -0.457. The first-order chi connectivity index (χ1) is 7.81. The van der Waals surface area contributed by atoms with Crippen LogP contribution in [0.1, 0.15) is 6.92 Å². The zero-order chi connectivity index (χ0) is 13.4. The molecule has 0 fully saturated rings. The van der Waals surface area contributed by atoms with Crippen molar-refractivity contribution >= 4 is 23.8 Å². The van der Waals surface area contributed by atoms with E-state index in [9.17, 15) is 19.2 Å². The summed E-state index contributed by atoms with van der Waals surface area (Å²) in [4.78, 5) is 42.4. The molecule has 0 atom stereocenters. The molecule has 0 unspecified atom stereocenters. The lowest BCUT2D eigenvalue weighted by Crippen LogP contribution is -2.50. The molecule has 0 rings (SSSR count). The predicted molar refractivity (Wildman–Crippen MR) is 53.7 cm³/mol. The fraction of sp³-hybridized carbons (Fsp3) is 0.500. The highest BCUT2D eigenvalue weighted by atomic mass is 16.4. The molecule has 0 aromatic heterocycles. The van der Waals surface area contributed by atoms with Crippen LogP contribution in [0.25, 0.3) is 0 Å². The van der Waals surface area contributed by atoms with Crippen LogP contribution in [0.5, 0.6) is 0 Å². The van der Waals surface area contributed by atoms with Crippen LogP contribution in [-0.4, -0.2) is 58.6 Å². The fourth-order valence-electron chi connectivity index (χ4n) is 0.882. The van der Waals surface area contributed by atoms with Crippen molar-refractivity contribution < 1.29 is 29.4 Å². The summed E-state index contributed by atoms with van der Waals surface area (Å²) in [6, 6.07) is 0. The normalized spacial score (nSPS) is 9.76. The minimum absolute atomic E-state index is 0.356. The minimum Gasteiger partial charge on any atom is -0.480 e. The maximum atomic E-state index is 11.2. The molecule has 9 heteroatoms. The van der Waals surface area contributed by atoms with Crippen molar-refractivity contribution in [2.75, 3.05) is 19.6 Å². The van der Waals surface area contributed by atoms with Crippen LogP contribution in [0.2, 0.25) is 0 Å². The van der Waals surface area contributed by atoms with Gasteiger partial charge in [-0.2, -0.15) is 5.01 Å². The maximum Gasteiger partial charge on any atom is 0.319 e. The predicted octanol–water partition coefficient (Wildman–Crippen LogP) is -2.38. The average molecular weight is 247 g/mol. The van der Waals surface area contributed by atoms with E-state index in [0.29, 0.717) is 0 Å². The molecule has 4 N–H and O–H groups in total. The van der Waals surface area contributed by atoms with Crippen molar-refractivity contribution in [2.45, 2.75) is 6.92 Å². The summed E-state index contributed by atoms with van der Waals surface area (Å²) >= 11 is 0. The molecule has 0 saturated heterocycles. The lowest BCUT2D eigenvalue weighted by Gasteiger charge is -2.18. The van der Waals surface area contributed by atoms with Crippen molar-refractivity contribution in [3.05, 3.63) is 0 Å². The van der Waals surface area contributed by atoms with Crippen LogP contribution in [0.4, 0.5) is 0 Å². The van der Waals surface area contributed by atoms with E-state index in [4.69, 9.17) is 10.2 Å². The van der Waals surface area contributed by atoms with E-state index in [1.165, 1.54) is 6.92 Å². The van der Waals surface area contributed by atoms with Gasteiger partial charge in [-0.3, -0.25) is 24.6 Å². The molecule has 0 saturated carbocycles. The first-order valence-corrected chi connectivity index (χ1v) is 4.53. The van der Waals surface area contributed by atoms with E-state index in [2.05, 4.69) is 10.7 Å². The molecule has 0 aromatic carbocycles. The van der Waals surface area contributed by atoms with Gasteiger partial charge in [-0.1, -0.05) is 0 Å². The van der Waals surface area contributed by atoms with Gasteiger partial charge in [-0.25, -0.2) is 0 Å². The van der Waals surface area contributed by atoms with Gasteiger partial charge in [0.15, 0.2) is 0 Å².